The smallest absolute Gasteiger partial charge is 0.125 e. The number of para-hydroxylation sites is 1. The first kappa shape index (κ1) is 19.1. The molecular formula is C27H27NO. The monoisotopic (exact) mass is 381 g/mol. The van der Waals surface area contributed by atoms with Crippen LogP contribution in [0.5, 0.6) is 5.75 Å². The van der Waals surface area contributed by atoms with E-state index in [0.29, 0.717) is 6.61 Å². The fourth-order valence-electron chi connectivity index (χ4n) is 3.66. The van der Waals surface area contributed by atoms with Gasteiger partial charge in [0, 0.05) is 17.8 Å². The van der Waals surface area contributed by atoms with Gasteiger partial charge in [0.15, 0.2) is 0 Å². The number of fused-ring (bicyclic) bond motifs is 1. The van der Waals surface area contributed by atoms with Gasteiger partial charge >= 0.3 is 0 Å². The zero-order valence-electron chi connectivity index (χ0n) is 17.1. The van der Waals surface area contributed by atoms with Gasteiger partial charge in [0.2, 0.25) is 0 Å². The zero-order valence-corrected chi connectivity index (χ0v) is 17.1. The lowest BCUT2D eigenvalue weighted by molar-refractivity contribution is 0.304. The summed E-state index contributed by atoms with van der Waals surface area (Å²) in [6.07, 6.45) is 1.01. The average molecular weight is 382 g/mol. The quantitative estimate of drug-likeness (QED) is 0.376. The normalized spacial score (nSPS) is 10.8. The SMILES string of the molecule is CCc1ccccc1NCc1c(OCc2ccc(C)cc2)ccc2ccccc12. The third-order valence-electron chi connectivity index (χ3n) is 5.37. The molecule has 0 fully saturated rings. The van der Waals surface area contributed by atoms with Crippen LogP contribution in [0.25, 0.3) is 10.8 Å². The van der Waals surface area contributed by atoms with Crippen LogP contribution in [-0.2, 0) is 19.6 Å². The molecule has 4 aromatic carbocycles. The highest BCUT2D eigenvalue weighted by atomic mass is 16.5. The molecule has 0 aromatic heterocycles. The number of rotatable bonds is 7. The molecule has 0 aliphatic heterocycles. The minimum absolute atomic E-state index is 0.567. The second-order valence-corrected chi connectivity index (χ2v) is 7.40. The highest BCUT2D eigenvalue weighted by Crippen LogP contribution is 2.30. The third kappa shape index (κ3) is 4.43. The molecule has 4 aromatic rings. The van der Waals surface area contributed by atoms with Gasteiger partial charge < -0.3 is 10.1 Å². The molecule has 1 N–H and O–H groups in total. The van der Waals surface area contributed by atoms with E-state index in [2.05, 4.69) is 104 Å². The van der Waals surface area contributed by atoms with Crippen molar-refractivity contribution in [3.63, 3.8) is 0 Å². The standard InChI is InChI=1S/C27H27NO/c1-3-22-8-5-7-11-26(22)28-18-25-24-10-6-4-9-23(24)16-17-27(25)29-19-21-14-12-20(2)13-15-21/h4-17,28H,3,18-19H2,1-2H3. The van der Waals surface area contributed by atoms with Crippen molar-refractivity contribution in [2.45, 2.75) is 33.4 Å². The van der Waals surface area contributed by atoms with Crippen LogP contribution < -0.4 is 10.1 Å². The van der Waals surface area contributed by atoms with Crippen molar-refractivity contribution in [3.05, 3.63) is 107 Å². The first-order valence-corrected chi connectivity index (χ1v) is 10.3. The number of anilines is 1. The minimum atomic E-state index is 0.567. The number of ether oxygens (including phenoxy) is 1. The van der Waals surface area contributed by atoms with Crippen LogP contribution in [0.3, 0.4) is 0 Å². The molecule has 0 aliphatic rings. The summed E-state index contributed by atoms with van der Waals surface area (Å²) in [5, 5.41) is 6.10. The Kier molecular flexibility index (Phi) is 5.81. The predicted molar refractivity (Wildman–Crippen MR) is 123 cm³/mol. The van der Waals surface area contributed by atoms with Crippen molar-refractivity contribution < 1.29 is 4.74 Å². The predicted octanol–water partition coefficient (Wildman–Crippen LogP) is 6.90. The molecule has 2 nitrogen and oxygen atoms in total. The lowest BCUT2D eigenvalue weighted by atomic mass is 10.0. The van der Waals surface area contributed by atoms with E-state index in [1.165, 1.54) is 38.7 Å². The largest absolute Gasteiger partial charge is 0.489 e. The number of hydrogen-bond donors (Lipinski definition) is 1. The first-order chi connectivity index (χ1) is 14.2. The van der Waals surface area contributed by atoms with Gasteiger partial charge in [-0.15, -0.1) is 0 Å². The lowest BCUT2D eigenvalue weighted by Crippen LogP contribution is -2.06. The summed E-state index contributed by atoms with van der Waals surface area (Å²) in [6, 6.07) is 29.8. The molecule has 0 radical (unpaired) electrons. The van der Waals surface area contributed by atoms with Crippen LogP contribution in [0, 0.1) is 6.92 Å². The summed E-state index contributed by atoms with van der Waals surface area (Å²) in [7, 11) is 0. The number of aryl methyl sites for hydroxylation is 2. The maximum atomic E-state index is 6.28. The van der Waals surface area contributed by atoms with Gasteiger partial charge in [-0.2, -0.15) is 0 Å². The van der Waals surface area contributed by atoms with Gasteiger partial charge in [-0.25, -0.2) is 0 Å². The molecule has 2 heteroatoms. The Labute approximate surface area is 173 Å². The summed E-state index contributed by atoms with van der Waals surface area (Å²) in [4.78, 5) is 0. The topological polar surface area (TPSA) is 21.3 Å². The summed E-state index contributed by atoms with van der Waals surface area (Å²) in [6.45, 7) is 5.58. The van der Waals surface area contributed by atoms with E-state index in [9.17, 15) is 0 Å². The van der Waals surface area contributed by atoms with Gasteiger partial charge in [0.1, 0.15) is 12.4 Å². The molecule has 146 valence electrons. The van der Waals surface area contributed by atoms with E-state index in [-0.39, 0.29) is 0 Å². The Balaban J connectivity index is 1.62. The van der Waals surface area contributed by atoms with Crippen LogP contribution in [0.15, 0.2) is 84.9 Å². The van der Waals surface area contributed by atoms with E-state index >= 15 is 0 Å². The Morgan fingerprint density at radius 1 is 0.793 bits per heavy atom. The molecular weight excluding hydrogens is 354 g/mol. The Morgan fingerprint density at radius 2 is 1.55 bits per heavy atom. The maximum Gasteiger partial charge on any atom is 0.125 e. The average Bonchev–Trinajstić information content (AvgIpc) is 2.77. The van der Waals surface area contributed by atoms with Gasteiger partial charge in [0.05, 0.1) is 0 Å². The van der Waals surface area contributed by atoms with Crippen molar-refractivity contribution in [3.8, 4) is 5.75 Å². The highest BCUT2D eigenvalue weighted by molar-refractivity contribution is 5.88. The molecule has 0 spiro atoms. The molecule has 0 bridgehead atoms. The summed E-state index contributed by atoms with van der Waals surface area (Å²) >= 11 is 0. The van der Waals surface area contributed by atoms with E-state index < -0.39 is 0 Å². The van der Waals surface area contributed by atoms with Crippen LogP contribution in [0.2, 0.25) is 0 Å². The summed E-state index contributed by atoms with van der Waals surface area (Å²) < 4.78 is 6.28. The minimum Gasteiger partial charge on any atom is -0.489 e. The van der Waals surface area contributed by atoms with Crippen molar-refractivity contribution in [1.82, 2.24) is 0 Å². The molecule has 0 saturated carbocycles. The van der Waals surface area contributed by atoms with Gasteiger partial charge in [-0.3, -0.25) is 0 Å². The second-order valence-electron chi connectivity index (χ2n) is 7.40. The third-order valence-corrected chi connectivity index (χ3v) is 5.37. The van der Waals surface area contributed by atoms with E-state index in [4.69, 9.17) is 4.74 Å². The molecule has 0 unspecified atom stereocenters. The molecule has 0 aliphatic carbocycles. The maximum absolute atomic E-state index is 6.28. The molecule has 29 heavy (non-hydrogen) atoms. The molecule has 0 amide bonds. The molecule has 0 atom stereocenters. The van der Waals surface area contributed by atoms with Crippen molar-refractivity contribution >= 4 is 16.5 Å². The van der Waals surface area contributed by atoms with Crippen LogP contribution in [0.4, 0.5) is 5.69 Å². The number of hydrogen-bond acceptors (Lipinski definition) is 2. The van der Waals surface area contributed by atoms with Gasteiger partial charge in [-0.1, -0.05) is 85.3 Å². The fourth-order valence-corrected chi connectivity index (χ4v) is 3.66. The van der Waals surface area contributed by atoms with Crippen molar-refractivity contribution in [2.24, 2.45) is 0 Å². The molecule has 0 saturated heterocycles. The van der Waals surface area contributed by atoms with E-state index in [1.54, 1.807) is 0 Å². The number of nitrogens with one attached hydrogen (secondary N) is 1. The van der Waals surface area contributed by atoms with E-state index in [0.717, 1.165) is 18.7 Å². The Morgan fingerprint density at radius 3 is 2.38 bits per heavy atom. The van der Waals surface area contributed by atoms with Crippen molar-refractivity contribution in [2.75, 3.05) is 5.32 Å². The Bertz CT molecular complexity index is 1100. The van der Waals surface area contributed by atoms with Crippen LogP contribution in [-0.4, -0.2) is 0 Å². The van der Waals surface area contributed by atoms with Crippen LogP contribution >= 0.6 is 0 Å². The van der Waals surface area contributed by atoms with Gasteiger partial charge in [-0.05, 0) is 47.4 Å². The van der Waals surface area contributed by atoms with E-state index in [1.807, 2.05) is 0 Å². The van der Waals surface area contributed by atoms with Crippen LogP contribution in [0.1, 0.15) is 29.2 Å². The first-order valence-electron chi connectivity index (χ1n) is 10.3. The Hall–Kier alpha value is -3.26. The summed E-state index contributed by atoms with van der Waals surface area (Å²) in [5.74, 6) is 0.936. The fraction of sp³-hybridized carbons (Fsp3) is 0.185. The van der Waals surface area contributed by atoms with Crippen molar-refractivity contribution in [1.29, 1.82) is 0 Å². The lowest BCUT2D eigenvalue weighted by Gasteiger charge is -2.17. The second kappa shape index (κ2) is 8.83. The number of benzene rings is 4. The molecule has 0 heterocycles. The highest BCUT2D eigenvalue weighted by Gasteiger charge is 2.10. The van der Waals surface area contributed by atoms with Gasteiger partial charge in [0.25, 0.3) is 0 Å². The summed E-state index contributed by atoms with van der Waals surface area (Å²) in [5.41, 5.74) is 6.15. The zero-order chi connectivity index (χ0) is 20.1. The molecule has 4 rings (SSSR count).